The largest absolute Gasteiger partial charge is 0.330 e. The molecule has 6 nitrogen and oxygen atoms in total. The highest BCUT2D eigenvalue weighted by Gasteiger charge is 2.14. The lowest BCUT2D eigenvalue weighted by atomic mass is 10.1. The normalized spacial score (nSPS) is 12.7. The van der Waals surface area contributed by atoms with Gasteiger partial charge < -0.3 is 9.47 Å². The minimum atomic E-state index is -3.78. The van der Waals surface area contributed by atoms with Crippen molar-refractivity contribution in [3.8, 4) is 11.4 Å². The van der Waals surface area contributed by atoms with Gasteiger partial charge in [0.25, 0.3) is 0 Å². The van der Waals surface area contributed by atoms with Gasteiger partial charge in [-0.25, -0.2) is 22.9 Å². The van der Waals surface area contributed by atoms with E-state index in [0.717, 1.165) is 24.2 Å². The van der Waals surface area contributed by atoms with E-state index in [2.05, 4.69) is 17.0 Å². The number of nitrogens with zero attached hydrogens (tertiary/aromatic N) is 3. The molecular formula is C26H31FN4O2S. The van der Waals surface area contributed by atoms with Crippen LogP contribution in [-0.4, -0.2) is 36.5 Å². The fourth-order valence-corrected chi connectivity index (χ4v) is 4.09. The van der Waals surface area contributed by atoms with Crippen LogP contribution in [0, 0.1) is 0 Å². The third-order valence-corrected chi connectivity index (χ3v) is 6.31. The maximum absolute atomic E-state index is 14.2. The summed E-state index contributed by atoms with van der Waals surface area (Å²) in [5.41, 5.74) is 2.88. The van der Waals surface area contributed by atoms with Crippen LogP contribution in [0.1, 0.15) is 24.6 Å². The minimum absolute atomic E-state index is 0.0376. The average Bonchev–Trinajstić information content (AvgIpc) is 3.22. The van der Waals surface area contributed by atoms with Crippen LogP contribution in [0.5, 0.6) is 0 Å². The average molecular weight is 483 g/mol. The van der Waals surface area contributed by atoms with Gasteiger partial charge in [0, 0.05) is 37.8 Å². The number of imidazole rings is 1. The second-order valence-corrected chi connectivity index (χ2v) is 9.74. The first-order valence-corrected chi connectivity index (χ1v) is 12.7. The maximum Gasteiger partial charge on any atom is 0.238 e. The molecule has 0 aliphatic carbocycles. The molecule has 3 aromatic rings. The van der Waals surface area contributed by atoms with E-state index in [1.165, 1.54) is 23.8 Å². The van der Waals surface area contributed by atoms with Gasteiger partial charge in [-0.2, -0.15) is 0 Å². The molecule has 3 rings (SSSR count). The Hall–Kier alpha value is -3.07. The number of sulfonamides is 1. The summed E-state index contributed by atoms with van der Waals surface area (Å²) in [6.45, 7) is 3.76. The van der Waals surface area contributed by atoms with E-state index in [0.29, 0.717) is 18.9 Å². The van der Waals surface area contributed by atoms with E-state index < -0.39 is 10.0 Å². The van der Waals surface area contributed by atoms with Crippen LogP contribution in [0.15, 0.2) is 89.7 Å². The number of hydrogen-bond donors (Lipinski definition) is 1. The Kier molecular flexibility index (Phi) is 8.92. The van der Waals surface area contributed by atoms with Crippen molar-refractivity contribution in [3.05, 3.63) is 96.1 Å². The summed E-state index contributed by atoms with van der Waals surface area (Å²) in [6.07, 6.45) is 8.00. The van der Waals surface area contributed by atoms with Crippen molar-refractivity contribution in [1.82, 2.24) is 14.5 Å². The van der Waals surface area contributed by atoms with Gasteiger partial charge in [-0.3, -0.25) is 0 Å². The molecule has 0 atom stereocenters. The van der Waals surface area contributed by atoms with Gasteiger partial charge in [0.1, 0.15) is 11.7 Å². The zero-order chi connectivity index (χ0) is 24.6. The summed E-state index contributed by atoms with van der Waals surface area (Å²) in [5, 5.41) is 5.22. The standard InChI is InChI=1S/C26H31FN4O2S/c1-3-4-10-23(27)16-18-31-20-24(19-30(2)17-15-21-8-6-5-7-9-21)29-26(31)22-11-13-25(14-12-22)34(28,32)33/h3-14,20H,15-19H2,1-2H3,(H2,28,32,33)/b4-3-,23-10+. The third kappa shape index (κ3) is 7.48. The molecule has 0 spiro atoms. The number of allylic oxidation sites excluding steroid dienone is 4. The smallest absolute Gasteiger partial charge is 0.238 e. The Balaban J connectivity index is 1.79. The Labute approximate surface area is 201 Å². The van der Waals surface area contributed by atoms with E-state index in [1.54, 1.807) is 24.3 Å². The molecule has 8 heteroatoms. The lowest BCUT2D eigenvalue weighted by Gasteiger charge is -2.15. The first kappa shape index (κ1) is 25.6. The summed E-state index contributed by atoms with van der Waals surface area (Å²) < 4.78 is 39.3. The number of aromatic nitrogens is 2. The molecule has 0 aliphatic heterocycles. The highest BCUT2D eigenvalue weighted by atomic mass is 32.2. The van der Waals surface area contributed by atoms with E-state index in [1.807, 2.05) is 42.9 Å². The Bertz CT molecular complexity index is 1230. The molecule has 0 aliphatic rings. The van der Waals surface area contributed by atoms with Gasteiger partial charge in [-0.1, -0.05) is 42.5 Å². The zero-order valence-electron chi connectivity index (χ0n) is 19.6. The van der Waals surface area contributed by atoms with E-state index in [-0.39, 0.29) is 17.1 Å². The summed E-state index contributed by atoms with van der Waals surface area (Å²) in [6, 6.07) is 16.6. The first-order chi connectivity index (χ1) is 16.3. The second kappa shape index (κ2) is 11.9. The first-order valence-electron chi connectivity index (χ1n) is 11.2. The lowest BCUT2D eigenvalue weighted by molar-refractivity contribution is 0.327. The minimum Gasteiger partial charge on any atom is -0.330 e. The monoisotopic (exact) mass is 482 g/mol. The number of primary sulfonamides is 1. The predicted octanol–water partition coefficient (Wildman–Crippen LogP) is 4.69. The quantitative estimate of drug-likeness (QED) is 0.402. The molecule has 1 heterocycles. The van der Waals surface area contributed by atoms with Gasteiger partial charge in [-0.05, 0) is 56.3 Å². The molecule has 2 aromatic carbocycles. The number of halogens is 1. The van der Waals surface area contributed by atoms with Crippen molar-refractivity contribution in [1.29, 1.82) is 0 Å². The molecule has 1 aromatic heterocycles. The Morgan fingerprint density at radius 1 is 1.15 bits per heavy atom. The van der Waals surface area contributed by atoms with Crippen molar-refractivity contribution in [3.63, 3.8) is 0 Å². The number of likely N-dealkylation sites (N-methyl/N-ethyl adjacent to an activating group) is 1. The van der Waals surface area contributed by atoms with Crippen LogP contribution in [-0.2, 0) is 29.5 Å². The number of nitrogens with two attached hydrogens (primary N) is 1. The molecule has 0 radical (unpaired) electrons. The summed E-state index contributed by atoms with van der Waals surface area (Å²) in [7, 11) is -1.74. The maximum atomic E-state index is 14.2. The van der Waals surface area contributed by atoms with Crippen molar-refractivity contribution >= 4 is 10.0 Å². The number of benzene rings is 2. The van der Waals surface area contributed by atoms with E-state index >= 15 is 0 Å². The summed E-state index contributed by atoms with van der Waals surface area (Å²) in [5.74, 6) is 0.440. The fraction of sp³-hybridized carbons (Fsp3) is 0.269. The van der Waals surface area contributed by atoms with Gasteiger partial charge in [0.2, 0.25) is 10.0 Å². The molecule has 2 N–H and O–H groups in total. The molecule has 34 heavy (non-hydrogen) atoms. The molecule has 0 bridgehead atoms. The van der Waals surface area contributed by atoms with E-state index in [9.17, 15) is 12.8 Å². The highest BCUT2D eigenvalue weighted by Crippen LogP contribution is 2.23. The SMILES string of the molecule is C/C=C\C=C(\F)CCn1cc(CN(C)CCc2ccccc2)nc1-c1ccc(S(N)(=O)=O)cc1. The Morgan fingerprint density at radius 2 is 1.85 bits per heavy atom. The number of rotatable bonds is 11. The fourth-order valence-electron chi connectivity index (χ4n) is 3.57. The van der Waals surface area contributed by atoms with Crippen molar-refractivity contribution in [2.75, 3.05) is 13.6 Å². The summed E-state index contributed by atoms with van der Waals surface area (Å²) >= 11 is 0. The number of hydrogen-bond acceptors (Lipinski definition) is 4. The third-order valence-electron chi connectivity index (χ3n) is 5.39. The van der Waals surface area contributed by atoms with Crippen LogP contribution in [0.3, 0.4) is 0 Å². The van der Waals surface area contributed by atoms with Crippen molar-refractivity contribution in [2.24, 2.45) is 5.14 Å². The van der Waals surface area contributed by atoms with Crippen LogP contribution >= 0.6 is 0 Å². The van der Waals surface area contributed by atoms with Crippen molar-refractivity contribution in [2.45, 2.75) is 37.8 Å². The van der Waals surface area contributed by atoms with Gasteiger partial charge in [0.05, 0.1) is 10.6 Å². The molecule has 0 saturated carbocycles. The number of aryl methyl sites for hydroxylation is 1. The molecule has 0 saturated heterocycles. The van der Waals surface area contributed by atoms with Gasteiger partial charge in [0.15, 0.2) is 0 Å². The van der Waals surface area contributed by atoms with Gasteiger partial charge in [-0.15, -0.1) is 0 Å². The Morgan fingerprint density at radius 3 is 2.50 bits per heavy atom. The highest BCUT2D eigenvalue weighted by molar-refractivity contribution is 7.89. The van der Waals surface area contributed by atoms with Crippen LogP contribution in [0.2, 0.25) is 0 Å². The molecule has 0 unspecified atom stereocenters. The molecular weight excluding hydrogens is 451 g/mol. The van der Waals surface area contributed by atoms with Crippen molar-refractivity contribution < 1.29 is 12.8 Å². The zero-order valence-corrected chi connectivity index (χ0v) is 20.4. The molecule has 180 valence electrons. The van der Waals surface area contributed by atoms with Crippen LogP contribution < -0.4 is 5.14 Å². The van der Waals surface area contributed by atoms with Crippen LogP contribution in [0.25, 0.3) is 11.4 Å². The lowest BCUT2D eigenvalue weighted by Crippen LogP contribution is -2.20. The predicted molar refractivity (Wildman–Crippen MR) is 134 cm³/mol. The van der Waals surface area contributed by atoms with Crippen LogP contribution in [0.4, 0.5) is 4.39 Å². The topological polar surface area (TPSA) is 81.2 Å². The van der Waals surface area contributed by atoms with E-state index in [4.69, 9.17) is 10.1 Å². The summed E-state index contributed by atoms with van der Waals surface area (Å²) in [4.78, 5) is 7.02. The molecule has 0 amide bonds. The van der Waals surface area contributed by atoms with Gasteiger partial charge >= 0.3 is 0 Å². The second-order valence-electron chi connectivity index (χ2n) is 8.18. The molecule has 0 fully saturated rings.